The van der Waals surface area contributed by atoms with Gasteiger partial charge in [0, 0.05) is 10.7 Å². The molecule has 0 saturated heterocycles. The fourth-order valence-electron chi connectivity index (χ4n) is 3.04. The number of carbonyl (C=O) groups is 1. The summed E-state index contributed by atoms with van der Waals surface area (Å²) in [5, 5.41) is 10.3. The Hall–Kier alpha value is -1.35. The minimum absolute atomic E-state index is 0.135. The molecular weight excluding hydrogens is 274 g/mol. The summed E-state index contributed by atoms with van der Waals surface area (Å²) in [6.45, 7) is 3.87. The van der Waals surface area contributed by atoms with Crippen LogP contribution in [0.1, 0.15) is 45.1 Å². The smallest absolute Gasteiger partial charge is 0.311 e. The Morgan fingerprint density at radius 1 is 1.45 bits per heavy atom. The van der Waals surface area contributed by atoms with Crippen LogP contribution < -0.4 is 0 Å². The van der Waals surface area contributed by atoms with Gasteiger partial charge in [0.25, 0.3) is 0 Å². The Labute approximate surface area is 124 Å². The van der Waals surface area contributed by atoms with Gasteiger partial charge in [0.2, 0.25) is 0 Å². The van der Waals surface area contributed by atoms with Gasteiger partial charge in [-0.15, -0.1) is 0 Å². The number of carboxylic acid groups (broad SMARTS) is 1. The number of rotatable bonds is 5. The van der Waals surface area contributed by atoms with Gasteiger partial charge in [0.05, 0.1) is 11.5 Å². The summed E-state index contributed by atoms with van der Waals surface area (Å²) in [6, 6.07) is 7.47. The normalized spacial score (nSPS) is 18.9. The van der Waals surface area contributed by atoms with E-state index in [1.807, 2.05) is 38.1 Å². The average Bonchev–Trinajstić information content (AvgIpc) is 2.91. The molecule has 1 heterocycles. The summed E-state index contributed by atoms with van der Waals surface area (Å²) in [5.74, 6) is -0.733. The molecule has 108 valence electrons. The quantitative estimate of drug-likeness (QED) is 0.885. The van der Waals surface area contributed by atoms with Gasteiger partial charge in [0.15, 0.2) is 0 Å². The van der Waals surface area contributed by atoms with E-state index in [-0.39, 0.29) is 6.04 Å². The monoisotopic (exact) mass is 293 g/mol. The van der Waals surface area contributed by atoms with Crippen molar-refractivity contribution in [3.63, 3.8) is 0 Å². The molecule has 3 nitrogen and oxygen atoms in total. The highest BCUT2D eigenvalue weighted by molar-refractivity contribution is 6.31. The molecule has 0 amide bonds. The van der Waals surface area contributed by atoms with Crippen LogP contribution in [-0.2, 0) is 4.79 Å². The highest BCUT2D eigenvalue weighted by Crippen LogP contribution is 2.39. The Morgan fingerprint density at radius 3 is 2.70 bits per heavy atom. The van der Waals surface area contributed by atoms with Crippen LogP contribution in [-0.4, -0.2) is 22.8 Å². The summed E-state index contributed by atoms with van der Waals surface area (Å²) < 4.78 is 0. The molecule has 0 aliphatic carbocycles. The van der Waals surface area contributed by atoms with Crippen molar-refractivity contribution in [3.05, 3.63) is 34.9 Å². The minimum Gasteiger partial charge on any atom is -0.481 e. The number of halogens is 1. The molecule has 0 bridgehead atoms. The van der Waals surface area contributed by atoms with E-state index in [4.69, 9.17) is 16.6 Å². The van der Waals surface area contributed by atoms with Gasteiger partial charge >= 0.3 is 5.97 Å². The van der Waals surface area contributed by atoms with Crippen LogP contribution in [0.2, 0.25) is 5.02 Å². The Balaban J connectivity index is 2.32. The largest absolute Gasteiger partial charge is 0.481 e. The zero-order valence-electron chi connectivity index (χ0n) is 11.9. The summed E-state index contributed by atoms with van der Waals surface area (Å²) >= 11 is 6.01. The number of aliphatic imine (C=N–C) groups is 1. The van der Waals surface area contributed by atoms with E-state index < -0.39 is 11.4 Å². The van der Waals surface area contributed by atoms with Crippen LogP contribution in [0.4, 0.5) is 0 Å². The lowest BCUT2D eigenvalue weighted by Crippen LogP contribution is -2.39. The molecule has 20 heavy (non-hydrogen) atoms. The molecule has 1 N–H and O–H groups in total. The molecule has 0 spiro atoms. The van der Waals surface area contributed by atoms with Crippen LogP contribution in [0.25, 0.3) is 0 Å². The molecule has 1 aliphatic heterocycles. The Bertz CT molecular complexity index is 535. The highest BCUT2D eigenvalue weighted by atomic mass is 35.5. The van der Waals surface area contributed by atoms with Crippen molar-refractivity contribution in [1.82, 2.24) is 0 Å². The van der Waals surface area contributed by atoms with Crippen LogP contribution in [0.5, 0.6) is 0 Å². The number of hydrogen-bond acceptors (Lipinski definition) is 2. The third-order valence-electron chi connectivity index (χ3n) is 4.45. The van der Waals surface area contributed by atoms with Gasteiger partial charge in [-0.1, -0.05) is 37.6 Å². The first-order valence-corrected chi connectivity index (χ1v) is 7.47. The summed E-state index contributed by atoms with van der Waals surface area (Å²) in [5.41, 5.74) is 1.25. The number of hydrogen-bond donors (Lipinski definition) is 1. The Kier molecular flexibility index (Phi) is 4.48. The van der Waals surface area contributed by atoms with Crippen molar-refractivity contribution in [3.8, 4) is 0 Å². The predicted molar refractivity (Wildman–Crippen MR) is 81.7 cm³/mol. The maximum Gasteiger partial charge on any atom is 0.311 e. The highest BCUT2D eigenvalue weighted by Gasteiger charge is 2.44. The van der Waals surface area contributed by atoms with Gasteiger partial charge in [-0.3, -0.25) is 9.79 Å². The molecule has 2 rings (SSSR count). The lowest BCUT2D eigenvalue weighted by molar-refractivity contribution is -0.150. The van der Waals surface area contributed by atoms with Crippen molar-refractivity contribution in [1.29, 1.82) is 0 Å². The molecule has 0 aromatic heterocycles. The minimum atomic E-state index is -0.736. The van der Waals surface area contributed by atoms with Crippen LogP contribution >= 0.6 is 11.6 Å². The van der Waals surface area contributed by atoms with E-state index in [9.17, 15) is 9.90 Å². The zero-order valence-corrected chi connectivity index (χ0v) is 12.7. The molecule has 4 heteroatoms. The number of carboxylic acids is 1. The lowest BCUT2D eigenvalue weighted by atomic mass is 9.75. The van der Waals surface area contributed by atoms with Gasteiger partial charge in [0.1, 0.15) is 0 Å². The topological polar surface area (TPSA) is 49.7 Å². The van der Waals surface area contributed by atoms with Crippen molar-refractivity contribution >= 4 is 23.3 Å². The van der Waals surface area contributed by atoms with E-state index >= 15 is 0 Å². The van der Waals surface area contributed by atoms with Crippen LogP contribution in [0.3, 0.4) is 0 Å². The second kappa shape index (κ2) is 5.96. The van der Waals surface area contributed by atoms with E-state index in [1.54, 1.807) is 0 Å². The van der Waals surface area contributed by atoms with Crippen molar-refractivity contribution in [2.24, 2.45) is 10.4 Å². The number of benzene rings is 1. The molecule has 0 saturated carbocycles. The van der Waals surface area contributed by atoms with E-state index in [0.29, 0.717) is 17.9 Å². The van der Waals surface area contributed by atoms with Gasteiger partial charge in [-0.2, -0.15) is 0 Å². The first kappa shape index (κ1) is 15.0. The SMILES string of the molecule is CCC(CC)(C(=O)O)[C@H]1CCC(c2cccc(Cl)c2)=N1. The zero-order chi connectivity index (χ0) is 14.8. The molecule has 0 radical (unpaired) electrons. The number of nitrogens with zero attached hydrogens (tertiary/aromatic N) is 1. The van der Waals surface area contributed by atoms with Crippen LogP contribution in [0.15, 0.2) is 29.3 Å². The standard InChI is InChI=1S/C16H20ClNO2/c1-3-16(4-2,15(19)20)14-9-8-13(18-14)11-6-5-7-12(17)10-11/h5-7,10,14H,3-4,8-9H2,1-2H3,(H,19,20)/t14-/m1/s1. The van der Waals surface area contributed by atoms with Gasteiger partial charge < -0.3 is 5.11 Å². The van der Waals surface area contributed by atoms with Gasteiger partial charge in [-0.05, 0) is 43.4 Å². The molecule has 0 fully saturated rings. The van der Waals surface area contributed by atoms with Crippen molar-refractivity contribution < 1.29 is 9.90 Å². The maximum atomic E-state index is 11.7. The van der Waals surface area contributed by atoms with E-state index in [1.165, 1.54) is 0 Å². The molecular formula is C16H20ClNO2. The second-order valence-electron chi connectivity index (χ2n) is 5.31. The molecule has 1 atom stereocenters. The first-order chi connectivity index (χ1) is 9.53. The fourth-order valence-corrected chi connectivity index (χ4v) is 3.23. The number of aliphatic carboxylic acids is 1. The molecule has 1 aliphatic rings. The molecule has 1 aromatic rings. The fraction of sp³-hybridized carbons (Fsp3) is 0.500. The molecule has 0 unspecified atom stereocenters. The lowest BCUT2D eigenvalue weighted by Gasteiger charge is -2.31. The molecule has 1 aromatic carbocycles. The van der Waals surface area contributed by atoms with E-state index in [2.05, 4.69) is 0 Å². The second-order valence-corrected chi connectivity index (χ2v) is 5.75. The van der Waals surface area contributed by atoms with E-state index in [0.717, 1.165) is 24.1 Å². The van der Waals surface area contributed by atoms with Gasteiger partial charge in [-0.25, -0.2) is 0 Å². The third kappa shape index (κ3) is 2.59. The van der Waals surface area contributed by atoms with Crippen molar-refractivity contribution in [2.45, 2.75) is 45.6 Å². The predicted octanol–water partition coefficient (Wildman–Crippen LogP) is 4.18. The third-order valence-corrected chi connectivity index (χ3v) is 4.68. The van der Waals surface area contributed by atoms with Crippen molar-refractivity contribution in [2.75, 3.05) is 0 Å². The maximum absolute atomic E-state index is 11.7. The summed E-state index contributed by atoms with van der Waals surface area (Å²) in [4.78, 5) is 16.4. The summed E-state index contributed by atoms with van der Waals surface area (Å²) in [6.07, 6.45) is 2.83. The Morgan fingerprint density at radius 2 is 2.15 bits per heavy atom. The first-order valence-electron chi connectivity index (χ1n) is 7.09. The summed E-state index contributed by atoms with van der Waals surface area (Å²) in [7, 11) is 0. The van der Waals surface area contributed by atoms with Crippen LogP contribution in [0, 0.1) is 5.41 Å². The average molecular weight is 294 g/mol.